The van der Waals surface area contributed by atoms with Crippen molar-refractivity contribution in [1.82, 2.24) is 0 Å². The molecule has 0 aromatic heterocycles. The normalized spacial score (nSPS) is 8.76. The van der Waals surface area contributed by atoms with Crippen molar-refractivity contribution in [2.24, 2.45) is 5.92 Å². The molecule has 21 heavy (non-hydrogen) atoms. The molecule has 6 nitrogen and oxygen atoms in total. The van der Waals surface area contributed by atoms with Crippen LogP contribution in [0.5, 0.6) is 0 Å². The van der Waals surface area contributed by atoms with E-state index >= 15 is 0 Å². The Hall–Kier alpha value is -1.47. The predicted octanol–water partition coefficient (Wildman–Crippen LogP) is 0.992. The average Bonchev–Trinajstić information content (AvgIpc) is 2.50. The molecule has 0 spiro atoms. The molecule has 0 aromatic carbocycles. The fourth-order valence-corrected chi connectivity index (χ4v) is 0.855. The van der Waals surface area contributed by atoms with Gasteiger partial charge in [0.25, 0.3) is 0 Å². The van der Waals surface area contributed by atoms with Gasteiger partial charge >= 0.3 is 5.97 Å². The standard InChI is InChI=1S/C6H14O3.C6H10O.C3H4O2/c7-3-1-2-6(4-8)5-9;1-3-5-7-6-4-2;1-2-3(4)5/h6-9H,1-5H2;3-4H,1-2,5-6H2;2H,1H2,(H,4,5). The molecular formula is C15H28O6. The highest BCUT2D eigenvalue weighted by Crippen LogP contribution is 2.02. The molecule has 0 heterocycles. The smallest absolute Gasteiger partial charge is 0.327 e. The van der Waals surface area contributed by atoms with Crippen LogP contribution >= 0.6 is 0 Å². The van der Waals surface area contributed by atoms with Gasteiger partial charge in [0.1, 0.15) is 0 Å². The first-order chi connectivity index (χ1) is 10.0. The molecule has 0 bridgehead atoms. The van der Waals surface area contributed by atoms with Crippen LogP contribution in [0, 0.1) is 5.92 Å². The minimum atomic E-state index is -0.981. The molecular weight excluding hydrogens is 276 g/mol. The molecule has 124 valence electrons. The molecule has 0 saturated heterocycles. The van der Waals surface area contributed by atoms with Gasteiger partial charge in [-0.15, -0.1) is 13.2 Å². The highest BCUT2D eigenvalue weighted by atomic mass is 16.5. The van der Waals surface area contributed by atoms with Crippen molar-refractivity contribution in [3.8, 4) is 0 Å². The summed E-state index contributed by atoms with van der Waals surface area (Å²) >= 11 is 0. The van der Waals surface area contributed by atoms with E-state index in [0.717, 1.165) is 6.08 Å². The van der Waals surface area contributed by atoms with Crippen molar-refractivity contribution in [3.05, 3.63) is 38.0 Å². The zero-order chi connectivity index (χ0) is 16.9. The van der Waals surface area contributed by atoms with Crippen LogP contribution < -0.4 is 0 Å². The number of aliphatic hydroxyl groups excluding tert-OH is 3. The third kappa shape index (κ3) is 32.2. The summed E-state index contributed by atoms with van der Waals surface area (Å²) in [5.41, 5.74) is 0. The van der Waals surface area contributed by atoms with Gasteiger partial charge in [0.15, 0.2) is 0 Å². The topological polar surface area (TPSA) is 107 Å². The molecule has 0 aliphatic carbocycles. The summed E-state index contributed by atoms with van der Waals surface area (Å²) in [5, 5.41) is 33.0. The second-order valence-corrected chi connectivity index (χ2v) is 3.75. The fraction of sp³-hybridized carbons (Fsp3) is 0.533. The zero-order valence-electron chi connectivity index (χ0n) is 12.5. The first-order valence-electron chi connectivity index (χ1n) is 6.51. The molecule has 6 heteroatoms. The van der Waals surface area contributed by atoms with Crippen LogP contribution in [0.4, 0.5) is 0 Å². The van der Waals surface area contributed by atoms with E-state index in [2.05, 4.69) is 19.7 Å². The number of rotatable bonds is 10. The number of carboxylic acid groups (broad SMARTS) is 1. The Morgan fingerprint density at radius 1 is 1.05 bits per heavy atom. The quantitative estimate of drug-likeness (QED) is 0.272. The van der Waals surface area contributed by atoms with Gasteiger partial charge in [-0.1, -0.05) is 18.7 Å². The number of carbonyl (C=O) groups is 1. The molecule has 0 unspecified atom stereocenters. The fourth-order valence-electron chi connectivity index (χ4n) is 0.855. The number of aliphatic hydroxyl groups is 3. The van der Waals surface area contributed by atoms with Crippen molar-refractivity contribution in [2.75, 3.05) is 33.0 Å². The Balaban J connectivity index is -0.000000242. The minimum absolute atomic E-state index is 0.0104. The Morgan fingerprint density at radius 3 is 1.71 bits per heavy atom. The summed E-state index contributed by atoms with van der Waals surface area (Å²) in [7, 11) is 0. The van der Waals surface area contributed by atoms with Gasteiger partial charge in [-0.25, -0.2) is 4.79 Å². The van der Waals surface area contributed by atoms with Crippen LogP contribution in [-0.2, 0) is 9.53 Å². The number of carboxylic acids is 1. The summed E-state index contributed by atoms with van der Waals surface area (Å²) in [6, 6.07) is 0. The summed E-state index contributed by atoms with van der Waals surface area (Å²) in [5.74, 6) is -1.03. The number of hydrogen-bond donors (Lipinski definition) is 4. The van der Waals surface area contributed by atoms with Crippen LogP contribution in [0.25, 0.3) is 0 Å². The minimum Gasteiger partial charge on any atom is -0.478 e. The van der Waals surface area contributed by atoms with Crippen molar-refractivity contribution >= 4 is 5.97 Å². The molecule has 0 fully saturated rings. The highest BCUT2D eigenvalue weighted by Gasteiger charge is 2.03. The number of hydrogen-bond acceptors (Lipinski definition) is 5. The van der Waals surface area contributed by atoms with E-state index in [0.29, 0.717) is 26.1 Å². The van der Waals surface area contributed by atoms with Crippen LogP contribution in [0.3, 0.4) is 0 Å². The van der Waals surface area contributed by atoms with E-state index in [4.69, 9.17) is 25.2 Å². The second kappa shape index (κ2) is 23.6. The maximum absolute atomic E-state index is 9.25. The lowest BCUT2D eigenvalue weighted by atomic mass is 10.1. The Bertz CT molecular complexity index is 241. The maximum atomic E-state index is 9.25. The lowest BCUT2D eigenvalue weighted by Crippen LogP contribution is -2.11. The van der Waals surface area contributed by atoms with E-state index in [1.54, 1.807) is 12.2 Å². The summed E-state index contributed by atoms with van der Waals surface area (Å²) in [6.45, 7) is 11.3. The van der Waals surface area contributed by atoms with Gasteiger partial charge in [-0.2, -0.15) is 0 Å². The summed E-state index contributed by atoms with van der Waals surface area (Å²) < 4.78 is 4.90. The van der Waals surface area contributed by atoms with Crippen molar-refractivity contribution in [1.29, 1.82) is 0 Å². The van der Waals surface area contributed by atoms with E-state index in [-0.39, 0.29) is 25.7 Å². The molecule has 0 aliphatic rings. The molecule has 0 aliphatic heterocycles. The molecule has 0 rings (SSSR count). The van der Waals surface area contributed by atoms with Crippen LogP contribution in [-0.4, -0.2) is 59.4 Å². The molecule has 0 saturated carbocycles. The Labute approximate surface area is 126 Å². The monoisotopic (exact) mass is 304 g/mol. The van der Waals surface area contributed by atoms with Crippen molar-refractivity contribution in [3.63, 3.8) is 0 Å². The number of aliphatic carboxylic acids is 1. The van der Waals surface area contributed by atoms with Crippen LogP contribution in [0.15, 0.2) is 38.0 Å². The van der Waals surface area contributed by atoms with Crippen LogP contribution in [0.1, 0.15) is 12.8 Å². The average molecular weight is 304 g/mol. The van der Waals surface area contributed by atoms with Gasteiger partial charge < -0.3 is 25.2 Å². The van der Waals surface area contributed by atoms with Crippen molar-refractivity contribution in [2.45, 2.75) is 12.8 Å². The third-order valence-corrected chi connectivity index (χ3v) is 1.93. The first-order valence-corrected chi connectivity index (χ1v) is 6.51. The third-order valence-electron chi connectivity index (χ3n) is 1.93. The zero-order valence-corrected chi connectivity index (χ0v) is 12.5. The molecule has 0 aromatic rings. The molecule has 4 N–H and O–H groups in total. The van der Waals surface area contributed by atoms with Crippen LogP contribution in [0.2, 0.25) is 0 Å². The van der Waals surface area contributed by atoms with E-state index in [1.165, 1.54) is 0 Å². The van der Waals surface area contributed by atoms with Gasteiger partial charge in [0, 0.05) is 31.8 Å². The summed E-state index contributed by atoms with van der Waals surface area (Å²) in [4.78, 5) is 9.25. The molecule has 0 atom stereocenters. The van der Waals surface area contributed by atoms with E-state index in [1.807, 2.05) is 0 Å². The van der Waals surface area contributed by atoms with E-state index < -0.39 is 5.97 Å². The first kappa shape index (κ1) is 24.5. The largest absolute Gasteiger partial charge is 0.478 e. The molecule has 0 amide bonds. The van der Waals surface area contributed by atoms with Crippen molar-refractivity contribution < 1.29 is 30.0 Å². The lowest BCUT2D eigenvalue weighted by molar-refractivity contribution is -0.131. The molecule has 0 radical (unpaired) electrons. The second-order valence-electron chi connectivity index (χ2n) is 3.75. The van der Waals surface area contributed by atoms with Gasteiger partial charge in [-0.05, 0) is 12.8 Å². The SMILES string of the molecule is C=CC(=O)O.C=CCOCC=C.OCCCC(CO)CO. The van der Waals surface area contributed by atoms with Gasteiger partial charge in [0.05, 0.1) is 13.2 Å². The Kier molecular flexibility index (Phi) is 27.6. The predicted molar refractivity (Wildman–Crippen MR) is 83.0 cm³/mol. The summed E-state index contributed by atoms with van der Waals surface area (Å²) in [6.07, 6.45) is 5.61. The maximum Gasteiger partial charge on any atom is 0.327 e. The number of ether oxygens (including phenoxy) is 1. The highest BCUT2D eigenvalue weighted by molar-refractivity contribution is 5.78. The van der Waals surface area contributed by atoms with Gasteiger partial charge in [-0.3, -0.25) is 0 Å². The van der Waals surface area contributed by atoms with Gasteiger partial charge in [0.2, 0.25) is 0 Å². The van der Waals surface area contributed by atoms with E-state index in [9.17, 15) is 4.79 Å². The Morgan fingerprint density at radius 2 is 1.48 bits per heavy atom. The lowest BCUT2D eigenvalue weighted by Gasteiger charge is -2.07.